The molecule has 0 radical (unpaired) electrons. The summed E-state index contributed by atoms with van der Waals surface area (Å²) in [5.41, 5.74) is 4.43. The van der Waals surface area contributed by atoms with Gasteiger partial charge in [-0.25, -0.2) is 0 Å². The molecule has 5 aromatic rings. The Morgan fingerprint density at radius 1 is 0.846 bits per heavy atom. The largest absolute Gasteiger partial charge is 0.497 e. The number of carbonyl (C=O) groups excluding carboxylic acids is 2. The number of aromatic nitrogens is 1. The molecule has 0 fully saturated rings. The predicted octanol–water partition coefficient (Wildman–Crippen LogP) is 5.90. The van der Waals surface area contributed by atoms with Crippen LogP contribution in [0.3, 0.4) is 0 Å². The maximum atomic E-state index is 13.6. The number of aromatic amines is 1. The average Bonchev–Trinajstić information content (AvgIpc) is 3.40. The summed E-state index contributed by atoms with van der Waals surface area (Å²) in [6.07, 6.45) is 3.50. The second-order valence-corrected chi connectivity index (χ2v) is 9.12. The smallest absolute Gasteiger partial charge is 0.267 e. The fraction of sp³-hybridized carbons (Fsp3) is 0.0909. The zero-order valence-corrected chi connectivity index (χ0v) is 21.6. The Labute approximate surface area is 227 Å². The van der Waals surface area contributed by atoms with Crippen LogP contribution < -0.4 is 15.4 Å². The predicted molar refractivity (Wildman–Crippen MR) is 154 cm³/mol. The number of hydrogen-bond donors (Lipinski definition) is 3. The average molecular weight is 516 g/mol. The fourth-order valence-electron chi connectivity index (χ4n) is 4.55. The minimum atomic E-state index is -0.381. The number of rotatable bonds is 9. The van der Waals surface area contributed by atoms with E-state index in [0.29, 0.717) is 17.9 Å². The maximum absolute atomic E-state index is 13.6. The van der Waals surface area contributed by atoms with Gasteiger partial charge in [0.25, 0.3) is 11.8 Å². The van der Waals surface area contributed by atoms with Gasteiger partial charge in [0.05, 0.1) is 7.11 Å². The highest BCUT2D eigenvalue weighted by Gasteiger charge is 2.19. The Balaban J connectivity index is 1.46. The molecule has 0 saturated carbocycles. The minimum Gasteiger partial charge on any atom is -0.497 e. The summed E-state index contributed by atoms with van der Waals surface area (Å²) in [5, 5.41) is 6.77. The van der Waals surface area contributed by atoms with Crippen molar-refractivity contribution in [3.8, 4) is 5.75 Å². The van der Waals surface area contributed by atoms with Crippen LogP contribution >= 0.6 is 0 Å². The van der Waals surface area contributed by atoms with Gasteiger partial charge in [0.2, 0.25) is 0 Å². The van der Waals surface area contributed by atoms with Crippen LogP contribution in [0.1, 0.15) is 33.0 Å². The van der Waals surface area contributed by atoms with Gasteiger partial charge in [0, 0.05) is 40.7 Å². The normalized spacial score (nSPS) is 11.4. The molecule has 0 unspecified atom stereocenters. The number of fused-ring (bicyclic) bond motifs is 1. The first kappa shape index (κ1) is 25.5. The molecule has 0 aliphatic rings. The molecule has 1 heterocycles. The van der Waals surface area contributed by atoms with E-state index in [2.05, 4.69) is 39.9 Å². The molecular formula is C33H29N3O3. The molecular weight excluding hydrogens is 486 g/mol. The van der Waals surface area contributed by atoms with Crippen LogP contribution in [0, 0.1) is 0 Å². The number of nitrogens with one attached hydrogen (secondary N) is 3. The van der Waals surface area contributed by atoms with Crippen molar-refractivity contribution >= 4 is 28.8 Å². The number of methoxy groups -OCH3 is 1. The Morgan fingerprint density at radius 2 is 1.46 bits per heavy atom. The van der Waals surface area contributed by atoms with Crippen molar-refractivity contribution in [1.82, 2.24) is 15.6 Å². The van der Waals surface area contributed by atoms with E-state index < -0.39 is 0 Å². The number of amides is 2. The molecule has 0 aliphatic heterocycles. The third-order valence-electron chi connectivity index (χ3n) is 6.62. The zero-order valence-electron chi connectivity index (χ0n) is 21.6. The number of benzene rings is 4. The second-order valence-electron chi connectivity index (χ2n) is 9.12. The van der Waals surface area contributed by atoms with Gasteiger partial charge in [-0.2, -0.15) is 0 Å². The summed E-state index contributed by atoms with van der Waals surface area (Å²) in [4.78, 5) is 29.9. The summed E-state index contributed by atoms with van der Waals surface area (Å²) in [6, 6.07) is 34.6. The van der Waals surface area contributed by atoms with Gasteiger partial charge in [-0.3, -0.25) is 9.59 Å². The first-order valence-corrected chi connectivity index (χ1v) is 12.7. The molecule has 0 atom stereocenters. The molecule has 5 rings (SSSR count). The number of ether oxygens (including phenoxy) is 1. The Morgan fingerprint density at radius 3 is 2.08 bits per heavy atom. The zero-order chi connectivity index (χ0) is 27.0. The molecule has 1 aromatic heterocycles. The monoisotopic (exact) mass is 515 g/mol. The van der Waals surface area contributed by atoms with Gasteiger partial charge < -0.3 is 20.4 Å². The fourth-order valence-corrected chi connectivity index (χ4v) is 4.55. The molecule has 6 heteroatoms. The highest BCUT2D eigenvalue weighted by molar-refractivity contribution is 6.06. The molecule has 0 spiro atoms. The minimum absolute atomic E-state index is 0.0558. The summed E-state index contributed by atoms with van der Waals surface area (Å²) < 4.78 is 5.39. The van der Waals surface area contributed by atoms with Gasteiger partial charge >= 0.3 is 0 Å². The van der Waals surface area contributed by atoms with Crippen molar-refractivity contribution in [3.63, 3.8) is 0 Å². The van der Waals surface area contributed by atoms with Gasteiger partial charge in [-0.15, -0.1) is 0 Å². The van der Waals surface area contributed by atoms with Crippen LogP contribution in [0.15, 0.2) is 121 Å². The SMILES string of the molecule is COc1ccc2[nH]cc(/C=C(\NC(=O)c3ccccc3)C(=O)NCC(c3ccccc3)c3ccccc3)c2c1. The first-order valence-electron chi connectivity index (χ1n) is 12.7. The van der Waals surface area contributed by atoms with Crippen LogP contribution in [0.4, 0.5) is 0 Å². The summed E-state index contributed by atoms with van der Waals surface area (Å²) in [7, 11) is 1.61. The lowest BCUT2D eigenvalue weighted by molar-refractivity contribution is -0.117. The summed E-state index contributed by atoms with van der Waals surface area (Å²) >= 11 is 0. The van der Waals surface area contributed by atoms with E-state index in [1.54, 1.807) is 37.5 Å². The van der Waals surface area contributed by atoms with Crippen LogP contribution in [-0.2, 0) is 4.79 Å². The van der Waals surface area contributed by atoms with Gasteiger partial charge in [0.1, 0.15) is 11.4 Å². The number of H-pyrrole nitrogens is 1. The molecule has 0 aliphatic carbocycles. The van der Waals surface area contributed by atoms with Gasteiger partial charge in [-0.05, 0) is 47.5 Å². The molecule has 0 bridgehead atoms. The van der Waals surface area contributed by atoms with E-state index in [1.807, 2.05) is 66.9 Å². The van der Waals surface area contributed by atoms with Gasteiger partial charge in [0.15, 0.2) is 0 Å². The number of hydrogen-bond acceptors (Lipinski definition) is 3. The van der Waals surface area contributed by atoms with Crippen molar-refractivity contribution in [3.05, 3.63) is 143 Å². The Hall–Kier alpha value is -5.10. The molecule has 2 amide bonds. The van der Waals surface area contributed by atoms with Crippen molar-refractivity contribution in [2.45, 2.75) is 5.92 Å². The molecule has 0 saturated heterocycles. The van der Waals surface area contributed by atoms with E-state index in [1.165, 1.54) is 0 Å². The summed E-state index contributed by atoms with van der Waals surface area (Å²) in [6.45, 7) is 0.354. The first-order chi connectivity index (χ1) is 19.1. The third kappa shape index (κ3) is 6.08. The van der Waals surface area contributed by atoms with E-state index in [-0.39, 0.29) is 23.4 Å². The maximum Gasteiger partial charge on any atom is 0.267 e. The van der Waals surface area contributed by atoms with E-state index in [4.69, 9.17) is 4.74 Å². The van der Waals surface area contributed by atoms with Gasteiger partial charge in [-0.1, -0.05) is 78.9 Å². The van der Waals surface area contributed by atoms with Crippen LogP contribution in [-0.4, -0.2) is 30.5 Å². The van der Waals surface area contributed by atoms with Crippen LogP contribution in [0.25, 0.3) is 17.0 Å². The quantitative estimate of drug-likeness (QED) is 0.214. The standard InChI is InChI=1S/C33H29N3O3/c1-39-27-17-18-30-28(20-27)26(21-34-30)19-31(36-32(37)25-15-9-4-10-16-25)33(38)35-22-29(23-11-5-2-6-12-23)24-13-7-3-8-14-24/h2-21,29,34H,22H2,1H3,(H,35,38)(H,36,37)/b31-19-. The molecule has 3 N–H and O–H groups in total. The molecule has 194 valence electrons. The molecule has 6 nitrogen and oxygen atoms in total. The molecule has 39 heavy (non-hydrogen) atoms. The highest BCUT2D eigenvalue weighted by Crippen LogP contribution is 2.26. The van der Waals surface area contributed by atoms with Crippen LogP contribution in [0.2, 0.25) is 0 Å². The lowest BCUT2D eigenvalue weighted by atomic mass is 9.91. The second kappa shape index (κ2) is 12.0. The van der Waals surface area contributed by atoms with E-state index in [0.717, 1.165) is 27.6 Å². The third-order valence-corrected chi connectivity index (χ3v) is 6.62. The van der Waals surface area contributed by atoms with Crippen molar-refractivity contribution < 1.29 is 14.3 Å². The van der Waals surface area contributed by atoms with Crippen molar-refractivity contribution in [2.24, 2.45) is 0 Å². The van der Waals surface area contributed by atoms with Crippen molar-refractivity contribution in [2.75, 3.05) is 13.7 Å². The van der Waals surface area contributed by atoms with E-state index in [9.17, 15) is 9.59 Å². The van der Waals surface area contributed by atoms with Crippen LogP contribution in [0.5, 0.6) is 5.75 Å². The lowest BCUT2D eigenvalue weighted by Gasteiger charge is -2.19. The van der Waals surface area contributed by atoms with Crippen molar-refractivity contribution in [1.29, 1.82) is 0 Å². The number of carbonyl (C=O) groups is 2. The molecule has 4 aromatic carbocycles. The highest BCUT2D eigenvalue weighted by atomic mass is 16.5. The Bertz CT molecular complexity index is 1550. The summed E-state index contributed by atoms with van der Waals surface area (Å²) in [5.74, 6) is -0.102. The van der Waals surface area contributed by atoms with E-state index >= 15 is 0 Å². The topological polar surface area (TPSA) is 83.2 Å². The Kier molecular flexibility index (Phi) is 7.84. The lowest BCUT2D eigenvalue weighted by Crippen LogP contribution is -2.37.